The summed E-state index contributed by atoms with van der Waals surface area (Å²) in [6, 6.07) is 0. The average molecular weight is 374 g/mol. The van der Waals surface area contributed by atoms with Crippen molar-refractivity contribution in [1.82, 2.24) is 0 Å². The van der Waals surface area contributed by atoms with Crippen molar-refractivity contribution in [2.24, 2.45) is 0 Å². The fraction of sp³-hybridized carbons (Fsp3) is 1.00. The first-order valence-electron chi connectivity index (χ1n) is 5.97. The van der Waals surface area contributed by atoms with Crippen LogP contribution in [-0.4, -0.2) is 35.3 Å². The number of hydrogen-bond acceptors (Lipinski definition) is 4. The summed E-state index contributed by atoms with van der Waals surface area (Å²) in [7, 11) is -10.4. The molecule has 0 rings (SSSR count). The largest absolute Gasteiger partial charge is 0.460 e. The third-order valence-corrected chi connectivity index (χ3v) is 8.21. The van der Waals surface area contributed by atoms with E-state index in [1.807, 2.05) is 0 Å². The minimum atomic E-state index is -5.31. The van der Waals surface area contributed by atoms with E-state index in [-0.39, 0.29) is 0 Å². The molecule has 0 aromatic heterocycles. The van der Waals surface area contributed by atoms with Gasteiger partial charge in [0.15, 0.2) is 23.3 Å². The van der Waals surface area contributed by atoms with E-state index in [1.165, 1.54) is 39.3 Å². The fourth-order valence-electron chi connectivity index (χ4n) is 1.01. The third-order valence-electron chi connectivity index (χ3n) is 1.59. The van der Waals surface area contributed by atoms with Crippen LogP contribution in [0.5, 0.6) is 0 Å². The van der Waals surface area contributed by atoms with Crippen molar-refractivity contribution in [2.45, 2.75) is 51.3 Å². The highest BCUT2D eigenvalue weighted by Crippen LogP contribution is 2.59. The van der Waals surface area contributed by atoms with Crippen molar-refractivity contribution in [3.05, 3.63) is 0 Å². The number of alkyl halides is 5. The molecule has 0 aliphatic heterocycles. The van der Waals surface area contributed by atoms with Gasteiger partial charge in [-0.1, -0.05) is 0 Å². The first-order chi connectivity index (χ1) is 8.93. The number of phosphoric acid groups is 1. The van der Waals surface area contributed by atoms with Crippen LogP contribution in [0.25, 0.3) is 0 Å². The summed E-state index contributed by atoms with van der Waals surface area (Å²) in [6.07, 6.45) is -5.31. The summed E-state index contributed by atoms with van der Waals surface area (Å²) in [4.78, 5) is 0. The predicted molar refractivity (Wildman–Crippen MR) is 73.4 cm³/mol. The molecule has 0 bridgehead atoms. The molecule has 0 fully saturated rings. The minimum Gasteiger partial charge on any atom is -0.330 e. The standard InChI is InChI=1S/C9H20F5O4PSi2/c1-20(2,3)17-19(15,18-21(4,5)6)16-9(13,14)8(11,12)7-10/h7H2,1-6H3. The molecule has 0 unspecified atom stereocenters. The van der Waals surface area contributed by atoms with Crippen LogP contribution in [0, 0.1) is 0 Å². The maximum Gasteiger partial charge on any atom is 0.460 e. The lowest BCUT2D eigenvalue weighted by Crippen LogP contribution is -2.45. The molecule has 0 aromatic rings. The van der Waals surface area contributed by atoms with E-state index in [0.717, 1.165) is 0 Å². The van der Waals surface area contributed by atoms with Crippen LogP contribution in [-0.2, 0) is 17.5 Å². The highest BCUT2D eigenvalue weighted by atomic mass is 31.2. The molecule has 4 nitrogen and oxygen atoms in total. The van der Waals surface area contributed by atoms with Gasteiger partial charge in [-0.2, -0.15) is 17.6 Å². The monoisotopic (exact) mass is 374 g/mol. The van der Waals surface area contributed by atoms with Gasteiger partial charge < -0.3 is 8.43 Å². The Balaban J connectivity index is 5.49. The Labute approximate surface area is 122 Å². The first kappa shape index (κ1) is 21.2. The Morgan fingerprint density at radius 2 is 1.24 bits per heavy atom. The van der Waals surface area contributed by atoms with Crippen molar-refractivity contribution in [2.75, 3.05) is 6.67 Å². The molecule has 0 saturated carbocycles. The molecule has 12 heteroatoms. The molecule has 21 heavy (non-hydrogen) atoms. The topological polar surface area (TPSA) is 44.8 Å². The van der Waals surface area contributed by atoms with E-state index in [1.54, 1.807) is 0 Å². The molecule has 0 aliphatic rings. The highest BCUT2D eigenvalue weighted by molar-refractivity contribution is 7.52. The van der Waals surface area contributed by atoms with E-state index >= 15 is 0 Å². The van der Waals surface area contributed by atoms with Crippen LogP contribution in [0.1, 0.15) is 0 Å². The molecule has 0 heterocycles. The lowest BCUT2D eigenvalue weighted by molar-refractivity contribution is -0.316. The maximum absolute atomic E-state index is 13.3. The molecule has 0 aromatic carbocycles. The van der Waals surface area contributed by atoms with Crippen LogP contribution < -0.4 is 0 Å². The van der Waals surface area contributed by atoms with Gasteiger partial charge in [-0.25, -0.2) is 13.5 Å². The molecule has 0 radical (unpaired) electrons. The molecule has 0 aliphatic carbocycles. The van der Waals surface area contributed by atoms with Gasteiger partial charge in [-0.15, -0.1) is 0 Å². The molecule has 0 amide bonds. The van der Waals surface area contributed by atoms with E-state index in [0.29, 0.717) is 0 Å². The zero-order chi connectivity index (χ0) is 17.3. The number of halogens is 5. The van der Waals surface area contributed by atoms with Crippen molar-refractivity contribution >= 4 is 24.5 Å². The summed E-state index contributed by atoms with van der Waals surface area (Å²) < 4.78 is 90.3. The molecular formula is C9H20F5O4PSi2. The van der Waals surface area contributed by atoms with Crippen LogP contribution in [0.15, 0.2) is 0 Å². The fourth-order valence-corrected chi connectivity index (χ4v) is 7.58. The Hall–Kier alpha value is 0.194. The smallest absolute Gasteiger partial charge is 0.330 e. The van der Waals surface area contributed by atoms with Crippen LogP contribution in [0.3, 0.4) is 0 Å². The summed E-state index contributed by atoms with van der Waals surface area (Å²) in [5.74, 6) is -5.13. The Morgan fingerprint density at radius 1 is 0.905 bits per heavy atom. The van der Waals surface area contributed by atoms with Gasteiger partial charge >= 0.3 is 19.9 Å². The van der Waals surface area contributed by atoms with Crippen LogP contribution >= 0.6 is 7.82 Å². The lowest BCUT2D eigenvalue weighted by atomic mass is 10.3. The second-order valence-electron chi connectivity index (χ2n) is 6.30. The third kappa shape index (κ3) is 7.33. The molecule has 0 atom stereocenters. The molecule has 0 N–H and O–H groups in total. The molecule has 128 valence electrons. The number of hydrogen-bond donors (Lipinski definition) is 0. The quantitative estimate of drug-likeness (QED) is 0.340. The molecule has 0 spiro atoms. The average Bonchev–Trinajstić information content (AvgIpc) is 2.08. The maximum atomic E-state index is 13.3. The lowest BCUT2D eigenvalue weighted by Gasteiger charge is -2.33. The highest BCUT2D eigenvalue weighted by Gasteiger charge is 2.63. The van der Waals surface area contributed by atoms with E-state index in [9.17, 15) is 26.5 Å². The summed E-state index contributed by atoms with van der Waals surface area (Å²) in [5.41, 5.74) is 0. The van der Waals surface area contributed by atoms with Gasteiger partial charge in [0, 0.05) is 0 Å². The predicted octanol–water partition coefficient (Wildman–Crippen LogP) is 5.01. The number of rotatable bonds is 8. The van der Waals surface area contributed by atoms with Crippen molar-refractivity contribution in [3.63, 3.8) is 0 Å². The Bertz CT molecular complexity index is 388. The minimum absolute atomic E-state index is 1.49. The van der Waals surface area contributed by atoms with E-state index in [4.69, 9.17) is 8.43 Å². The molecule has 0 saturated heterocycles. The summed E-state index contributed by atoms with van der Waals surface area (Å²) in [6.45, 7) is 6.26. The van der Waals surface area contributed by atoms with Gasteiger partial charge in [0.2, 0.25) is 0 Å². The van der Waals surface area contributed by atoms with E-state index in [2.05, 4.69) is 4.52 Å². The molecular weight excluding hydrogens is 354 g/mol. The summed E-state index contributed by atoms with van der Waals surface area (Å²) in [5, 5.41) is 0. The zero-order valence-electron chi connectivity index (χ0n) is 12.7. The second kappa shape index (κ2) is 6.36. The van der Waals surface area contributed by atoms with Crippen molar-refractivity contribution < 1.29 is 39.5 Å². The van der Waals surface area contributed by atoms with Gasteiger partial charge in [0.1, 0.15) is 0 Å². The van der Waals surface area contributed by atoms with E-state index < -0.39 is 43.2 Å². The van der Waals surface area contributed by atoms with Gasteiger partial charge in [-0.3, -0.25) is 0 Å². The van der Waals surface area contributed by atoms with Crippen molar-refractivity contribution in [1.29, 1.82) is 0 Å². The Morgan fingerprint density at radius 3 is 1.48 bits per heavy atom. The van der Waals surface area contributed by atoms with Crippen molar-refractivity contribution in [3.8, 4) is 0 Å². The normalized spacial score (nSPS) is 15.4. The summed E-state index contributed by atoms with van der Waals surface area (Å²) >= 11 is 0. The van der Waals surface area contributed by atoms with Crippen LogP contribution in [0.4, 0.5) is 22.0 Å². The van der Waals surface area contributed by atoms with Crippen LogP contribution in [0.2, 0.25) is 39.3 Å². The van der Waals surface area contributed by atoms with Gasteiger partial charge in [0.05, 0.1) is 0 Å². The SMILES string of the molecule is C[Si](C)(C)OP(=O)(OC(F)(F)C(F)(F)CF)O[Si](C)(C)C. The van der Waals surface area contributed by atoms with Gasteiger partial charge in [-0.05, 0) is 39.3 Å². The Kier molecular flexibility index (Phi) is 6.42. The second-order valence-corrected chi connectivity index (χ2v) is 17.3. The van der Waals surface area contributed by atoms with Gasteiger partial charge in [0.25, 0.3) is 0 Å². The zero-order valence-corrected chi connectivity index (χ0v) is 15.6. The first-order valence-corrected chi connectivity index (χ1v) is 14.2.